The molecule has 1 aromatic rings. The summed E-state index contributed by atoms with van der Waals surface area (Å²) in [6.07, 6.45) is 1.52. The van der Waals surface area contributed by atoms with Crippen molar-refractivity contribution in [1.29, 1.82) is 0 Å². The van der Waals surface area contributed by atoms with Crippen molar-refractivity contribution in [2.75, 3.05) is 13.1 Å². The van der Waals surface area contributed by atoms with Crippen molar-refractivity contribution in [3.8, 4) is 0 Å². The van der Waals surface area contributed by atoms with Crippen LogP contribution in [-0.4, -0.2) is 19.0 Å². The monoisotopic (exact) mass is 282 g/mol. The molecular formula is C15H20F2N2O. The fourth-order valence-corrected chi connectivity index (χ4v) is 2.51. The zero-order valence-corrected chi connectivity index (χ0v) is 11.8. The number of hydrogen-bond donors (Lipinski definition) is 2. The van der Waals surface area contributed by atoms with E-state index < -0.39 is 23.1 Å². The summed E-state index contributed by atoms with van der Waals surface area (Å²) in [7, 11) is 0. The molecule has 0 aliphatic carbocycles. The lowest BCUT2D eigenvalue weighted by atomic mass is 9.80. The lowest BCUT2D eigenvalue weighted by molar-refractivity contribution is -0.132. The minimum atomic E-state index is -0.631. The van der Waals surface area contributed by atoms with Crippen LogP contribution in [0.1, 0.15) is 38.3 Å². The Bertz CT molecular complexity index is 499. The summed E-state index contributed by atoms with van der Waals surface area (Å²) in [6.45, 7) is 5.25. The van der Waals surface area contributed by atoms with Crippen molar-refractivity contribution in [1.82, 2.24) is 10.6 Å². The average Bonchev–Trinajstić information content (AvgIpc) is 2.39. The predicted octanol–water partition coefficient (Wildman–Crippen LogP) is 2.53. The van der Waals surface area contributed by atoms with Crippen LogP contribution in [0.3, 0.4) is 0 Å². The molecule has 1 aromatic carbocycles. The Kier molecular flexibility index (Phi) is 4.38. The normalized spacial score (nSPS) is 19.4. The molecule has 110 valence electrons. The van der Waals surface area contributed by atoms with E-state index in [0.717, 1.165) is 32.0 Å². The summed E-state index contributed by atoms with van der Waals surface area (Å²) in [5, 5.41) is 6.05. The van der Waals surface area contributed by atoms with E-state index in [2.05, 4.69) is 10.6 Å². The van der Waals surface area contributed by atoms with E-state index in [9.17, 15) is 13.6 Å². The van der Waals surface area contributed by atoms with Crippen molar-refractivity contribution < 1.29 is 13.6 Å². The summed E-state index contributed by atoms with van der Waals surface area (Å²) in [5.74, 6) is -1.32. The standard InChI is InChI=1S/C15H20F2N2O/c1-10(12-4-3-11(16)9-13(12)17)19-14(20)15(2)5-7-18-8-6-15/h3-4,9-10,18H,5-8H2,1-2H3,(H,19,20). The van der Waals surface area contributed by atoms with Gasteiger partial charge in [0.1, 0.15) is 11.6 Å². The van der Waals surface area contributed by atoms with Gasteiger partial charge in [-0.15, -0.1) is 0 Å². The molecule has 2 N–H and O–H groups in total. The largest absolute Gasteiger partial charge is 0.349 e. The van der Waals surface area contributed by atoms with Gasteiger partial charge in [0.2, 0.25) is 5.91 Å². The second-order valence-corrected chi connectivity index (χ2v) is 5.67. The molecule has 1 aliphatic rings. The first-order chi connectivity index (χ1) is 9.42. The molecule has 20 heavy (non-hydrogen) atoms. The molecule has 1 heterocycles. The van der Waals surface area contributed by atoms with Gasteiger partial charge in [-0.2, -0.15) is 0 Å². The van der Waals surface area contributed by atoms with Gasteiger partial charge in [-0.3, -0.25) is 4.79 Å². The van der Waals surface area contributed by atoms with Crippen LogP contribution in [0.2, 0.25) is 0 Å². The van der Waals surface area contributed by atoms with E-state index in [0.29, 0.717) is 5.56 Å². The summed E-state index contributed by atoms with van der Waals surface area (Å²) >= 11 is 0. The topological polar surface area (TPSA) is 41.1 Å². The molecule has 1 unspecified atom stereocenters. The van der Waals surface area contributed by atoms with Crippen LogP contribution in [0.4, 0.5) is 8.78 Å². The predicted molar refractivity (Wildman–Crippen MR) is 73.1 cm³/mol. The fourth-order valence-electron chi connectivity index (χ4n) is 2.51. The molecule has 1 atom stereocenters. The number of carbonyl (C=O) groups excluding carboxylic acids is 1. The molecule has 5 heteroatoms. The van der Waals surface area contributed by atoms with Crippen LogP contribution in [0.25, 0.3) is 0 Å². The number of benzene rings is 1. The minimum absolute atomic E-state index is 0.0739. The minimum Gasteiger partial charge on any atom is -0.349 e. The molecule has 1 saturated heterocycles. The first-order valence-electron chi connectivity index (χ1n) is 6.89. The summed E-state index contributed by atoms with van der Waals surface area (Å²) in [5.41, 5.74) is -0.118. The average molecular weight is 282 g/mol. The highest BCUT2D eigenvalue weighted by Crippen LogP contribution is 2.29. The number of halogens is 2. The van der Waals surface area contributed by atoms with Crippen molar-refractivity contribution in [3.05, 3.63) is 35.4 Å². The van der Waals surface area contributed by atoms with Crippen LogP contribution >= 0.6 is 0 Å². The van der Waals surface area contributed by atoms with E-state index in [-0.39, 0.29) is 5.91 Å². The quantitative estimate of drug-likeness (QED) is 0.894. The van der Waals surface area contributed by atoms with Crippen LogP contribution in [0.15, 0.2) is 18.2 Å². The van der Waals surface area contributed by atoms with Crippen LogP contribution in [0.5, 0.6) is 0 Å². The third kappa shape index (κ3) is 3.15. The Morgan fingerprint density at radius 1 is 1.35 bits per heavy atom. The Hall–Kier alpha value is -1.49. The van der Waals surface area contributed by atoms with Crippen LogP contribution in [0, 0.1) is 17.0 Å². The van der Waals surface area contributed by atoms with Crippen molar-refractivity contribution in [2.24, 2.45) is 5.41 Å². The van der Waals surface area contributed by atoms with Crippen molar-refractivity contribution >= 4 is 5.91 Å². The van der Waals surface area contributed by atoms with Gasteiger partial charge in [-0.05, 0) is 38.9 Å². The summed E-state index contributed by atoms with van der Waals surface area (Å²) < 4.78 is 26.6. The lowest BCUT2D eigenvalue weighted by Crippen LogP contribution is -2.46. The number of rotatable bonds is 3. The Morgan fingerprint density at radius 3 is 2.60 bits per heavy atom. The van der Waals surface area contributed by atoms with Gasteiger partial charge >= 0.3 is 0 Å². The van der Waals surface area contributed by atoms with Gasteiger partial charge in [-0.25, -0.2) is 8.78 Å². The first-order valence-corrected chi connectivity index (χ1v) is 6.89. The number of hydrogen-bond acceptors (Lipinski definition) is 2. The fraction of sp³-hybridized carbons (Fsp3) is 0.533. The molecule has 1 amide bonds. The van der Waals surface area contributed by atoms with E-state index in [1.54, 1.807) is 6.92 Å². The molecule has 0 bridgehead atoms. The maximum absolute atomic E-state index is 13.7. The number of nitrogens with one attached hydrogen (secondary N) is 2. The molecular weight excluding hydrogens is 262 g/mol. The second kappa shape index (κ2) is 5.87. The highest BCUT2D eigenvalue weighted by Gasteiger charge is 2.35. The molecule has 0 radical (unpaired) electrons. The van der Waals surface area contributed by atoms with E-state index in [1.165, 1.54) is 12.1 Å². The van der Waals surface area contributed by atoms with Gasteiger partial charge in [-0.1, -0.05) is 13.0 Å². The summed E-state index contributed by atoms with van der Waals surface area (Å²) in [4.78, 5) is 12.3. The SMILES string of the molecule is CC(NC(=O)C1(C)CCNCC1)c1ccc(F)cc1F. The Balaban J connectivity index is 2.07. The smallest absolute Gasteiger partial charge is 0.226 e. The van der Waals surface area contributed by atoms with E-state index >= 15 is 0 Å². The highest BCUT2D eigenvalue weighted by atomic mass is 19.1. The first kappa shape index (κ1) is 14.9. The Morgan fingerprint density at radius 2 is 2.00 bits per heavy atom. The maximum Gasteiger partial charge on any atom is 0.226 e. The van der Waals surface area contributed by atoms with Crippen LogP contribution < -0.4 is 10.6 Å². The van der Waals surface area contributed by atoms with Gasteiger partial charge in [0.15, 0.2) is 0 Å². The molecule has 3 nitrogen and oxygen atoms in total. The highest BCUT2D eigenvalue weighted by molar-refractivity contribution is 5.82. The maximum atomic E-state index is 13.7. The zero-order valence-electron chi connectivity index (χ0n) is 11.8. The third-order valence-electron chi connectivity index (χ3n) is 4.03. The van der Waals surface area contributed by atoms with Crippen molar-refractivity contribution in [2.45, 2.75) is 32.7 Å². The second-order valence-electron chi connectivity index (χ2n) is 5.67. The number of amides is 1. The lowest BCUT2D eigenvalue weighted by Gasteiger charge is -2.33. The molecule has 0 saturated carbocycles. The third-order valence-corrected chi connectivity index (χ3v) is 4.03. The van der Waals surface area contributed by atoms with Gasteiger partial charge in [0.05, 0.1) is 6.04 Å². The van der Waals surface area contributed by atoms with Gasteiger partial charge < -0.3 is 10.6 Å². The number of carbonyl (C=O) groups is 1. The van der Waals surface area contributed by atoms with E-state index in [4.69, 9.17) is 0 Å². The van der Waals surface area contributed by atoms with Crippen LogP contribution in [-0.2, 0) is 4.79 Å². The number of piperidine rings is 1. The molecule has 1 fully saturated rings. The molecule has 1 aliphatic heterocycles. The Labute approximate surface area is 117 Å². The van der Waals surface area contributed by atoms with E-state index in [1.807, 2.05) is 6.92 Å². The molecule has 0 spiro atoms. The summed E-state index contributed by atoms with van der Waals surface area (Å²) in [6, 6.07) is 2.94. The molecule has 0 aromatic heterocycles. The van der Waals surface area contributed by atoms with Crippen molar-refractivity contribution in [3.63, 3.8) is 0 Å². The molecule has 2 rings (SSSR count). The van der Waals surface area contributed by atoms with Gasteiger partial charge in [0, 0.05) is 17.0 Å². The van der Waals surface area contributed by atoms with Gasteiger partial charge in [0.25, 0.3) is 0 Å². The zero-order chi connectivity index (χ0) is 14.8.